The summed E-state index contributed by atoms with van der Waals surface area (Å²) in [5.74, 6) is -1.69. The van der Waals surface area contributed by atoms with Crippen molar-refractivity contribution in [1.82, 2.24) is 10.3 Å². The summed E-state index contributed by atoms with van der Waals surface area (Å²) in [6, 6.07) is 18.7. The molecule has 4 aromatic rings. The molecule has 0 aliphatic rings. The largest absolute Gasteiger partial charge is 0.416 e. The number of halogens is 7. The van der Waals surface area contributed by atoms with E-state index >= 15 is 0 Å². The van der Waals surface area contributed by atoms with Gasteiger partial charge in [-0.25, -0.2) is 8.78 Å². The fraction of sp³-hybridized carbons (Fsp3) is 0.148. The van der Waals surface area contributed by atoms with E-state index in [9.17, 15) is 22.0 Å². The lowest BCUT2D eigenvalue weighted by atomic mass is 9.79. The van der Waals surface area contributed by atoms with E-state index in [1.807, 2.05) is 0 Å². The first-order valence-electron chi connectivity index (χ1n) is 10.8. The second kappa shape index (κ2) is 10.5. The van der Waals surface area contributed by atoms with Gasteiger partial charge in [-0.05, 0) is 59.2 Å². The molecule has 0 fully saturated rings. The summed E-state index contributed by atoms with van der Waals surface area (Å²) in [5, 5.41) is 3.51. The van der Waals surface area contributed by atoms with Crippen LogP contribution in [0.4, 0.5) is 22.0 Å². The van der Waals surface area contributed by atoms with Crippen molar-refractivity contribution in [2.45, 2.75) is 24.7 Å². The molecule has 36 heavy (non-hydrogen) atoms. The summed E-state index contributed by atoms with van der Waals surface area (Å²) in [7, 11) is 0. The van der Waals surface area contributed by atoms with Gasteiger partial charge in [0.25, 0.3) is 0 Å². The normalized spacial score (nSPS) is 13.4. The number of nitrogens with zero attached hydrogens (tertiary/aromatic N) is 1. The molecule has 3 aromatic carbocycles. The van der Waals surface area contributed by atoms with Crippen LogP contribution in [-0.2, 0) is 24.7 Å². The molecule has 9 heteroatoms. The van der Waals surface area contributed by atoms with Crippen LogP contribution in [0.3, 0.4) is 0 Å². The molecule has 0 amide bonds. The smallest absolute Gasteiger partial charge is 0.298 e. The molecule has 2 nitrogen and oxygen atoms in total. The van der Waals surface area contributed by atoms with Crippen molar-refractivity contribution >= 4 is 23.2 Å². The van der Waals surface area contributed by atoms with Crippen LogP contribution >= 0.6 is 23.2 Å². The van der Waals surface area contributed by atoms with Gasteiger partial charge >= 0.3 is 6.18 Å². The maximum Gasteiger partial charge on any atom is 0.416 e. The standard InChI is InChI=1S/C27H19Cl2F5N2/c28-21-7-9-25(35-16-21)26(14-17-4-2-1-3-5-17,36-15-18-6-8-23(29)24(31)10-18)19-11-20(27(32,33)34)13-22(30)12-19/h1-13,16,36H,14-15H2. The Balaban J connectivity index is 1.92. The molecule has 0 saturated carbocycles. The van der Waals surface area contributed by atoms with Crippen LogP contribution in [0, 0.1) is 11.6 Å². The van der Waals surface area contributed by atoms with Crippen LogP contribution < -0.4 is 5.32 Å². The van der Waals surface area contributed by atoms with Crippen molar-refractivity contribution < 1.29 is 22.0 Å². The van der Waals surface area contributed by atoms with E-state index in [-0.39, 0.29) is 23.6 Å². The van der Waals surface area contributed by atoms with Crippen LogP contribution in [0.25, 0.3) is 0 Å². The number of alkyl halides is 3. The molecular formula is C27H19Cl2F5N2. The maximum atomic E-state index is 14.6. The first-order chi connectivity index (χ1) is 17.1. The minimum Gasteiger partial charge on any atom is -0.298 e. The monoisotopic (exact) mass is 536 g/mol. The number of hydrogen-bond donors (Lipinski definition) is 1. The predicted octanol–water partition coefficient (Wildman–Crippen LogP) is 7.96. The van der Waals surface area contributed by atoms with Gasteiger partial charge in [0.05, 0.1) is 26.8 Å². The predicted molar refractivity (Wildman–Crippen MR) is 130 cm³/mol. The Hall–Kier alpha value is -3.00. The minimum atomic E-state index is -4.78. The minimum absolute atomic E-state index is 0.00272. The fourth-order valence-electron chi connectivity index (χ4n) is 4.03. The molecule has 0 bridgehead atoms. The summed E-state index contributed by atoms with van der Waals surface area (Å²) >= 11 is 11.8. The van der Waals surface area contributed by atoms with Crippen molar-refractivity contribution in [3.05, 3.63) is 135 Å². The van der Waals surface area contributed by atoms with Crippen LogP contribution in [0.1, 0.15) is 27.9 Å². The maximum absolute atomic E-state index is 14.6. The second-order valence-corrected chi connectivity index (χ2v) is 9.10. The molecule has 0 aliphatic heterocycles. The van der Waals surface area contributed by atoms with Crippen molar-refractivity contribution in [2.24, 2.45) is 0 Å². The third-order valence-electron chi connectivity index (χ3n) is 5.77. The fourth-order valence-corrected chi connectivity index (χ4v) is 4.26. The molecule has 1 atom stereocenters. The van der Waals surface area contributed by atoms with Crippen molar-refractivity contribution in [1.29, 1.82) is 0 Å². The average molecular weight is 537 g/mol. The van der Waals surface area contributed by atoms with Gasteiger partial charge in [0.1, 0.15) is 11.6 Å². The zero-order valence-electron chi connectivity index (χ0n) is 18.6. The molecule has 1 aromatic heterocycles. The first-order valence-corrected chi connectivity index (χ1v) is 11.6. The van der Waals surface area contributed by atoms with E-state index in [0.29, 0.717) is 22.3 Å². The van der Waals surface area contributed by atoms with Gasteiger partial charge in [-0.3, -0.25) is 10.3 Å². The molecular weight excluding hydrogens is 518 g/mol. The van der Waals surface area contributed by atoms with Crippen LogP contribution in [0.5, 0.6) is 0 Å². The number of hydrogen-bond acceptors (Lipinski definition) is 2. The number of aromatic nitrogens is 1. The van der Waals surface area contributed by atoms with Gasteiger partial charge in [0.15, 0.2) is 0 Å². The first kappa shape index (κ1) is 26.1. The molecule has 1 unspecified atom stereocenters. The second-order valence-electron chi connectivity index (χ2n) is 8.26. The van der Waals surface area contributed by atoms with Crippen molar-refractivity contribution in [3.8, 4) is 0 Å². The summed E-state index contributed by atoms with van der Waals surface area (Å²) < 4.78 is 69.8. The number of pyridine rings is 1. The molecule has 4 rings (SSSR count). The summed E-state index contributed by atoms with van der Waals surface area (Å²) in [4.78, 5) is 4.40. The number of rotatable bonds is 7. The Labute approximate surface area is 214 Å². The Morgan fingerprint density at radius 3 is 2.14 bits per heavy atom. The van der Waals surface area contributed by atoms with Gasteiger partial charge in [-0.15, -0.1) is 0 Å². The molecule has 186 valence electrons. The Bertz CT molecular complexity index is 1340. The lowest BCUT2D eigenvalue weighted by Crippen LogP contribution is -2.46. The van der Waals surface area contributed by atoms with Gasteiger partial charge in [-0.2, -0.15) is 13.2 Å². The van der Waals surface area contributed by atoms with E-state index in [2.05, 4.69) is 10.3 Å². The third-order valence-corrected chi connectivity index (χ3v) is 6.30. The molecule has 0 radical (unpaired) electrons. The molecule has 0 spiro atoms. The van der Waals surface area contributed by atoms with Gasteiger partial charge in [-0.1, -0.05) is 59.6 Å². The molecule has 1 N–H and O–H groups in total. The highest BCUT2D eigenvalue weighted by Gasteiger charge is 2.39. The molecule has 0 aliphatic carbocycles. The highest BCUT2D eigenvalue weighted by Crippen LogP contribution is 2.38. The summed E-state index contributed by atoms with van der Waals surface area (Å²) in [6.07, 6.45) is -3.30. The highest BCUT2D eigenvalue weighted by molar-refractivity contribution is 6.30. The number of benzene rings is 3. The van der Waals surface area contributed by atoms with Crippen LogP contribution in [0.15, 0.2) is 85.1 Å². The van der Waals surface area contributed by atoms with Crippen LogP contribution in [0.2, 0.25) is 10.0 Å². The summed E-state index contributed by atoms with van der Waals surface area (Å²) in [6.45, 7) is 0.0170. The van der Waals surface area contributed by atoms with E-state index < -0.39 is 28.9 Å². The highest BCUT2D eigenvalue weighted by atomic mass is 35.5. The quantitative estimate of drug-likeness (QED) is 0.242. The van der Waals surface area contributed by atoms with E-state index in [4.69, 9.17) is 23.2 Å². The zero-order valence-corrected chi connectivity index (χ0v) is 20.1. The van der Waals surface area contributed by atoms with Gasteiger partial charge < -0.3 is 0 Å². The summed E-state index contributed by atoms with van der Waals surface area (Å²) in [5.41, 5.74) is -1.03. The van der Waals surface area contributed by atoms with Crippen molar-refractivity contribution in [2.75, 3.05) is 0 Å². The lowest BCUT2D eigenvalue weighted by molar-refractivity contribution is -0.137. The lowest BCUT2D eigenvalue weighted by Gasteiger charge is -2.36. The topological polar surface area (TPSA) is 24.9 Å². The van der Waals surface area contributed by atoms with Crippen LogP contribution in [-0.4, -0.2) is 4.98 Å². The Morgan fingerprint density at radius 2 is 1.50 bits per heavy atom. The Morgan fingerprint density at radius 1 is 0.778 bits per heavy atom. The molecule has 0 saturated heterocycles. The Kier molecular flexibility index (Phi) is 7.64. The van der Waals surface area contributed by atoms with E-state index in [0.717, 1.165) is 17.7 Å². The molecule has 1 heterocycles. The average Bonchev–Trinajstić information content (AvgIpc) is 2.84. The number of nitrogens with one attached hydrogen (secondary N) is 1. The van der Waals surface area contributed by atoms with Gasteiger partial charge in [0.2, 0.25) is 0 Å². The SMILES string of the molecule is Fc1cc(C(F)(F)F)cc(C(Cc2ccccc2)(NCc2ccc(Cl)c(F)c2)c2ccc(Cl)cn2)c1. The van der Waals surface area contributed by atoms with Crippen molar-refractivity contribution in [3.63, 3.8) is 0 Å². The van der Waals surface area contributed by atoms with E-state index in [1.54, 1.807) is 48.5 Å². The van der Waals surface area contributed by atoms with E-state index in [1.165, 1.54) is 18.3 Å². The zero-order chi connectivity index (χ0) is 25.9. The van der Waals surface area contributed by atoms with Gasteiger partial charge in [0, 0.05) is 19.2 Å². The third kappa shape index (κ3) is 5.86.